The van der Waals surface area contributed by atoms with E-state index in [-0.39, 0.29) is 6.10 Å². The number of aryl methyl sites for hydroxylation is 1. The van der Waals surface area contributed by atoms with Gasteiger partial charge in [-0.1, -0.05) is 0 Å². The van der Waals surface area contributed by atoms with E-state index in [0.717, 1.165) is 5.56 Å². The first-order valence-corrected chi connectivity index (χ1v) is 5.06. The minimum Gasteiger partial charge on any atom is -0.472 e. The van der Waals surface area contributed by atoms with Crippen LogP contribution in [-0.2, 0) is 4.74 Å². The van der Waals surface area contributed by atoms with E-state index in [1.807, 2.05) is 13.8 Å². The number of hydrazine groups is 1. The van der Waals surface area contributed by atoms with E-state index in [1.54, 1.807) is 14.0 Å². The molecule has 1 heterocycles. The van der Waals surface area contributed by atoms with Crippen LogP contribution in [0.15, 0.2) is 0 Å². The number of nitrogen functional groups attached to an aromatic ring is 1. The zero-order valence-electron chi connectivity index (χ0n) is 10.1. The highest BCUT2D eigenvalue weighted by atomic mass is 16.5. The van der Waals surface area contributed by atoms with E-state index in [4.69, 9.17) is 15.3 Å². The molecule has 1 atom stereocenters. The van der Waals surface area contributed by atoms with Crippen molar-refractivity contribution in [1.29, 1.82) is 0 Å². The van der Waals surface area contributed by atoms with Crippen LogP contribution in [0.1, 0.15) is 18.3 Å². The predicted molar refractivity (Wildman–Crippen MR) is 61.3 cm³/mol. The number of anilines is 1. The molecule has 0 aromatic carbocycles. The smallest absolute Gasteiger partial charge is 0.222 e. The fraction of sp³-hybridized carbons (Fsp3) is 0.600. The first-order valence-electron chi connectivity index (χ1n) is 5.06. The Labute approximate surface area is 95.1 Å². The molecule has 0 aliphatic rings. The van der Waals surface area contributed by atoms with E-state index in [0.29, 0.717) is 24.1 Å². The summed E-state index contributed by atoms with van der Waals surface area (Å²) < 4.78 is 10.6. The van der Waals surface area contributed by atoms with Crippen molar-refractivity contribution in [2.24, 2.45) is 5.84 Å². The Hall–Kier alpha value is -1.40. The number of hydrogen-bond donors (Lipinski definition) is 2. The van der Waals surface area contributed by atoms with Crippen molar-refractivity contribution >= 4 is 5.82 Å². The number of rotatable bonds is 5. The Balaban J connectivity index is 2.90. The van der Waals surface area contributed by atoms with Crippen LogP contribution in [0.2, 0.25) is 0 Å². The van der Waals surface area contributed by atoms with Crippen molar-refractivity contribution in [3.05, 3.63) is 11.4 Å². The van der Waals surface area contributed by atoms with Gasteiger partial charge in [-0.3, -0.25) is 0 Å². The molecule has 0 spiro atoms. The molecule has 1 aromatic heterocycles. The molecule has 1 unspecified atom stereocenters. The van der Waals surface area contributed by atoms with Gasteiger partial charge in [0.05, 0.1) is 12.2 Å². The second-order valence-electron chi connectivity index (χ2n) is 3.58. The maximum Gasteiger partial charge on any atom is 0.222 e. The highest BCUT2D eigenvalue weighted by molar-refractivity contribution is 5.47. The van der Waals surface area contributed by atoms with Crippen LogP contribution in [0.3, 0.4) is 0 Å². The molecule has 0 saturated heterocycles. The monoisotopic (exact) mass is 226 g/mol. The van der Waals surface area contributed by atoms with E-state index >= 15 is 0 Å². The number of nitrogens with two attached hydrogens (primary N) is 1. The first-order chi connectivity index (χ1) is 7.58. The third kappa shape index (κ3) is 3.04. The number of aromatic nitrogens is 2. The molecular formula is C10H18N4O2. The summed E-state index contributed by atoms with van der Waals surface area (Å²) in [5.74, 6) is 7.08. The number of hydrogen-bond acceptors (Lipinski definition) is 6. The van der Waals surface area contributed by atoms with Gasteiger partial charge in [0.25, 0.3) is 0 Å². The van der Waals surface area contributed by atoms with Gasteiger partial charge in [-0.05, 0) is 20.8 Å². The van der Waals surface area contributed by atoms with Crippen LogP contribution < -0.4 is 16.0 Å². The average molecular weight is 226 g/mol. The maximum absolute atomic E-state index is 5.64. The minimum atomic E-state index is -0.0661. The predicted octanol–water partition coefficient (Wildman–Crippen LogP) is 0.793. The molecule has 16 heavy (non-hydrogen) atoms. The highest BCUT2D eigenvalue weighted by Crippen LogP contribution is 2.21. The minimum absolute atomic E-state index is 0.0661. The number of ether oxygens (including phenoxy) is 2. The molecule has 6 heteroatoms. The van der Waals surface area contributed by atoms with E-state index in [2.05, 4.69) is 15.4 Å². The molecule has 0 bridgehead atoms. The summed E-state index contributed by atoms with van der Waals surface area (Å²) in [7, 11) is 1.63. The lowest BCUT2D eigenvalue weighted by Gasteiger charge is -2.16. The van der Waals surface area contributed by atoms with Crippen molar-refractivity contribution in [2.45, 2.75) is 26.9 Å². The molecule has 1 aromatic rings. The summed E-state index contributed by atoms with van der Waals surface area (Å²) >= 11 is 0. The third-order valence-electron chi connectivity index (χ3n) is 2.06. The summed E-state index contributed by atoms with van der Waals surface area (Å²) in [6.07, 6.45) is -0.0661. The quantitative estimate of drug-likeness (QED) is 0.570. The van der Waals surface area contributed by atoms with Crippen LogP contribution in [0.4, 0.5) is 5.82 Å². The Morgan fingerprint density at radius 1 is 1.38 bits per heavy atom. The molecule has 0 amide bonds. The van der Waals surface area contributed by atoms with Crippen LogP contribution in [0.25, 0.3) is 0 Å². The van der Waals surface area contributed by atoms with E-state index in [1.165, 1.54) is 0 Å². The van der Waals surface area contributed by atoms with Gasteiger partial charge in [-0.15, -0.1) is 0 Å². The van der Waals surface area contributed by atoms with Crippen LogP contribution >= 0.6 is 0 Å². The Morgan fingerprint density at radius 2 is 2.06 bits per heavy atom. The van der Waals surface area contributed by atoms with Gasteiger partial charge in [0.15, 0.2) is 0 Å². The van der Waals surface area contributed by atoms with Crippen molar-refractivity contribution < 1.29 is 9.47 Å². The molecule has 0 aliphatic heterocycles. The Kier molecular flexibility index (Phi) is 4.45. The van der Waals surface area contributed by atoms with Crippen molar-refractivity contribution in [3.8, 4) is 5.88 Å². The average Bonchev–Trinajstić information content (AvgIpc) is 2.23. The van der Waals surface area contributed by atoms with Gasteiger partial charge in [0, 0.05) is 7.11 Å². The summed E-state index contributed by atoms with van der Waals surface area (Å²) in [5, 5.41) is 0. The lowest BCUT2D eigenvalue weighted by atomic mass is 10.3. The number of nitrogens with one attached hydrogen (secondary N) is 1. The standard InChI is InChI=1S/C10H18N4O2/c1-6(5-15-4)16-10-7(2)9(14-11)12-8(3)13-10/h6H,5,11H2,1-4H3,(H,12,13,14). The lowest BCUT2D eigenvalue weighted by molar-refractivity contribution is 0.0883. The molecule has 1 rings (SSSR count). The molecule has 0 radical (unpaired) electrons. The van der Waals surface area contributed by atoms with Crippen molar-refractivity contribution in [1.82, 2.24) is 9.97 Å². The lowest BCUT2D eigenvalue weighted by Crippen LogP contribution is -2.20. The van der Waals surface area contributed by atoms with E-state index < -0.39 is 0 Å². The largest absolute Gasteiger partial charge is 0.472 e. The Bertz CT molecular complexity index is 357. The summed E-state index contributed by atoms with van der Waals surface area (Å²) in [4.78, 5) is 8.37. The highest BCUT2D eigenvalue weighted by Gasteiger charge is 2.12. The zero-order chi connectivity index (χ0) is 12.1. The summed E-state index contributed by atoms with van der Waals surface area (Å²) in [6.45, 7) is 6.06. The van der Waals surface area contributed by atoms with Crippen molar-refractivity contribution in [3.63, 3.8) is 0 Å². The molecule has 0 aliphatic carbocycles. The zero-order valence-corrected chi connectivity index (χ0v) is 10.1. The van der Waals surface area contributed by atoms with Crippen molar-refractivity contribution in [2.75, 3.05) is 19.1 Å². The molecule has 90 valence electrons. The van der Waals surface area contributed by atoms with Gasteiger partial charge in [-0.25, -0.2) is 10.8 Å². The molecule has 0 fully saturated rings. The first kappa shape index (κ1) is 12.7. The molecule has 6 nitrogen and oxygen atoms in total. The Morgan fingerprint density at radius 3 is 2.62 bits per heavy atom. The maximum atomic E-state index is 5.64. The molecule has 0 saturated carbocycles. The number of methoxy groups -OCH3 is 1. The van der Waals surface area contributed by atoms with Crippen LogP contribution in [0.5, 0.6) is 5.88 Å². The topological polar surface area (TPSA) is 82.3 Å². The van der Waals surface area contributed by atoms with Gasteiger partial charge >= 0.3 is 0 Å². The fourth-order valence-electron chi connectivity index (χ4n) is 1.32. The molecule has 3 N–H and O–H groups in total. The third-order valence-corrected chi connectivity index (χ3v) is 2.06. The summed E-state index contributed by atoms with van der Waals surface area (Å²) in [5.41, 5.74) is 3.31. The SMILES string of the molecule is COCC(C)Oc1nc(C)nc(NN)c1C. The van der Waals surface area contributed by atoms with Crippen LogP contribution in [0, 0.1) is 13.8 Å². The number of nitrogens with zero attached hydrogens (tertiary/aromatic N) is 2. The van der Waals surface area contributed by atoms with Crippen LogP contribution in [-0.4, -0.2) is 29.8 Å². The normalized spacial score (nSPS) is 12.3. The van der Waals surface area contributed by atoms with Gasteiger partial charge < -0.3 is 14.9 Å². The van der Waals surface area contributed by atoms with Gasteiger partial charge in [0.2, 0.25) is 5.88 Å². The second-order valence-corrected chi connectivity index (χ2v) is 3.58. The second kappa shape index (κ2) is 5.62. The fourth-order valence-corrected chi connectivity index (χ4v) is 1.32. The van der Waals surface area contributed by atoms with Gasteiger partial charge in [-0.2, -0.15) is 4.98 Å². The molecular weight excluding hydrogens is 208 g/mol. The van der Waals surface area contributed by atoms with E-state index in [9.17, 15) is 0 Å². The summed E-state index contributed by atoms with van der Waals surface area (Å²) in [6, 6.07) is 0. The van der Waals surface area contributed by atoms with Gasteiger partial charge in [0.1, 0.15) is 17.7 Å².